The van der Waals surface area contributed by atoms with Crippen LogP contribution in [0.25, 0.3) is 11.0 Å². The van der Waals surface area contributed by atoms with Crippen LogP contribution in [0.4, 0.5) is 0 Å². The molecule has 1 unspecified atom stereocenters. The molecule has 10 heteroatoms. The number of amides is 1. The summed E-state index contributed by atoms with van der Waals surface area (Å²) in [5.41, 5.74) is 3.92. The number of likely N-dealkylation sites (tertiary alicyclic amines) is 1. The SMILES string of the molecule is Cc1nc2ccccc2n1C1C[C@H]2CC[C@@H](C1)N2CCC1(c2ccccc2)CCN(C(=O)c2ccc(Cl)c(S(N)(=O)=O)c2)CC1. The number of benzene rings is 3. The predicted octanol–water partition coefficient (Wildman–Crippen LogP) is 6.08. The first-order chi connectivity index (χ1) is 21.6. The summed E-state index contributed by atoms with van der Waals surface area (Å²) in [6.45, 7) is 4.39. The number of nitrogens with zero attached hydrogens (tertiary/aromatic N) is 4. The maximum atomic E-state index is 13.5. The Balaban J connectivity index is 1.06. The number of para-hydroxylation sites is 2. The van der Waals surface area contributed by atoms with Gasteiger partial charge in [0, 0.05) is 36.8 Å². The molecule has 1 aromatic heterocycles. The van der Waals surface area contributed by atoms with Gasteiger partial charge in [0.2, 0.25) is 10.0 Å². The van der Waals surface area contributed by atoms with E-state index in [0.717, 1.165) is 50.0 Å². The second kappa shape index (κ2) is 11.8. The van der Waals surface area contributed by atoms with Gasteiger partial charge in [0.05, 0.1) is 16.1 Å². The molecule has 3 aliphatic rings. The molecule has 3 aromatic carbocycles. The number of carbonyl (C=O) groups is 1. The molecule has 45 heavy (non-hydrogen) atoms. The number of halogens is 1. The lowest BCUT2D eigenvalue weighted by Gasteiger charge is -2.45. The minimum absolute atomic E-state index is 0.0160. The first kappa shape index (κ1) is 30.4. The third kappa shape index (κ3) is 5.69. The van der Waals surface area contributed by atoms with Crippen molar-refractivity contribution in [2.75, 3.05) is 19.6 Å². The van der Waals surface area contributed by atoms with Gasteiger partial charge in [-0.1, -0.05) is 54.1 Å². The molecule has 3 aliphatic heterocycles. The summed E-state index contributed by atoms with van der Waals surface area (Å²) in [6, 6.07) is 25.2. The van der Waals surface area contributed by atoms with Gasteiger partial charge >= 0.3 is 0 Å². The van der Waals surface area contributed by atoms with Gasteiger partial charge in [-0.2, -0.15) is 0 Å². The molecule has 4 aromatic rings. The van der Waals surface area contributed by atoms with E-state index in [1.807, 2.05) is 4.90 Å². The Hall–Kier alpha value is -3.24. The Bertz CT molecular complexity index is 1820. The zero-order valence-electron chi connectivity index (χ0n) is 25.6. The van der Waals surface area contributed by atoms with E-state index in [0.29, 0.717) is 31.2 Å². The summed E-state index contributed by atoms with van der Waals surface area (Å²) in [5, 5.41) is 5.36. The summed E-state index contributed by atoms with van der Waals surface area (Å²) in [6.07, 6.45) is 7.54. The number of rotatable bonds is 7. The van der Waals surface area contributed by atoms with E-state index >= 15 is 0 Å². The van der Waals surface area contributed by atoms with Crippen LogP contribution >= 0.6 is 11.6 Å². The van der Waals surface area contributed by atoms with Crippen molar-refractivity contribution in [3.05, 3.63) is 94.8 Å². The monoisotopic (exact) mass is 645 g/mol. The molecule has 0 spiro atoms. The van der Waals surface area contributed by atoms with E-state index in [1.165, 1.54) is 36.1 Å². The summed E-state index contributed by atoms with van der Waals surface area (Å²) < 4.78 is 26.5. The highest BCUT2D eigenvalue weighted by molar-refractivity contribution is 7.89. The molecule has 3 atom stereocenters. The highest BCUT2D eigenvalue weighted by Crippen LogP contribution is 2.45. The maximum Gasteiger partial charge on any atom is 0.253 e. The Kier molecular flexibility index (Phi) is 8.01. The van der Waals surface area contributed by atoms with Crippen molar-refractivity contribution >= 4 is 38.6 Å². The largest absolute Gasteiger partial charge is 0.339 e. The topological polar surface area (TPSA) is 102 Å². The molecule has 1 amide bonds. The van der Waals surface area contributed by atoms with E-state index in [2.05, 4.69) is 71.0 Å². The molecule has 0 aliphatic carbocycles. The van der Waals surface area contributed by atoms with Crippen molar-refractivity contribution in [3.8, 4) is 0 Å². The molecule has 3 saturated heterocycles. The van der Waals surface area contributed by atoms with Crippen LogP contribution < -0.4 is 5.14 Å². The number of hydrogen-bond acceptors (Lipinski definition) is 5. The number of imidazole rings is 1. The maximum absolute atomic E-state index is 13.5. The Morgan fingerprint density at radius 1 is 0.956 bits per heavy atom. The summed E-state index contributed by atoms with van der Waals surface area (Å²) in [7, 11) is -4.04. The average molecular weight is 646 g/mol. The smallest absolute Gasteiger partial charge is 0.253 e. The van der Waals surface area contributed by atoms with Crippen LogP contribution in [-0.2, 0) is 15.4 Å². The molecule has 8 nitrogen and oxygen atoms in total. The van der Waals surface area contributed by atoms with Crippen molar-refractivity contribution in [1.29, 1.82) is 0 Å². The van der Waals surface area contributed by atoms with Crippen LogP contribution in [0.15, 0.2) is 77.7 Å². The summed E-state index contributed by atoms with van der Waals surface area (Å²) in [4.78, 5) is 22.8. The summed E-state index contributed by atoms with van der Waals surface area (Å²) in [5.74, 6) is 0.915. The molecule has 2 bridgehead atoms. The number of aromatic nitrogens is 2. The molecular weight excluding hydrogens is 606 g/mol. The quantitative estimate of drug-likeness (QED) is 0.263. The van der Waals surface area contributed by atoms with Crippen molar-refractivity contribution in [3.63, 3.8) is 0 Å². The number of carbonyl (C=O) groups excluding carboxylic acids is 1. The van der Waals surface area contributed by atoms with Crippen LogP contribution in [0.5, 0.6) is 0 Å². The molecule has 0 radical (unpaired) electrons. The number of primary sulfonamides is 1. The number of sulfonamides is 1. The molecule has 0 saturated carbocycles. The van der Waals surface area contributed by atoms with Gasteiger partial charge in [-0.25, -0.2) is 18.5 Å². The Morgan fingerprint density at radius 3 is 2.31 bits per heavy atom. The Labute approximate surface area is 270 Å². The zero-order valence-corrected chi connectivity index (χ0v) is 27.2. The van der Waals surface area contributed by atoms with Crippen LogP contribution in [0.2, 0.25) is 5.02 Å². The number of piperidine rings is 2. The lowest BCUT2D eigenvalue weighted by atomic mass is 9.70. The number of hydrogen-bond donors (Lipinski definition) is 1. The molecule has 2 N–H and O–H groups in total. The van der Waals surface area contributed by atoms with Gasteiger partial charge in [0.25, 0.3) is 5.91 Å². The van der Waals surface area contributed by atoms with Crippen LogP contribution in [0.3, 0.4) is 0 Å². The van der Waals surface area contributed by atoms with E-state index in [-0.39, 0.29) is 26.8 Å². The molecule has 7 rings (SSSR count). The fraction of sp³-hybridized carbons (Fsp3) is 0.429. The second-order valence-corrected chi connectivity index (χ2v) is 15.1. The van der Waals surface area contributed by atoms with E-state index < -0.39 is 10.0 Å². The van der Waals surface area contributed by atoms with Crippen molar-refractivity contribution < 1.29 is 13.2 Å². The lowest BCUT2D eigenvalue weighted by Crippen LogP contribution is -2.49. The van der Waals surface area contributed by atoms with E-state index in [9.17, 15) is 13.2 Å². The van der Waals surface area contributed by atoms with Gasteiger partial charge < -0.3 is 9.47 Å². The minimum Gasteiger partial charge on any atom is -0.339 e. The molecule has 3 fully saturated rings. The normalized spacial score (nSPS) is 23.4. The van der Waals surface area contributed by atoms with E-state index in [4.69, 9.17) is 21.7 Å². The highest BCUT2D eigenvalue weighted by Gasteiger charge is 2.44. The first-order valence-corrected chi connectivity index (χ1v) is 17.9. The number of nitrogens with two attached hydrogens (primary N) is 1. The third-order valence-corrected chi connectivity index (χ3v) is 12.1. The van der Waals surface area contributed by atoms with Crippen molar-refractivity contribution in [2.24, 2.45) is 5.14 Å². The van der Waals surface area contributed by atoms with Gasteiger partial charge in [0.15, 0.2) is 0 Å². The van der Waals surface area contributed by atoms with Crippen LogP contribution in [0.1, 0.15) is 72.7 Å². The minimum atomic E-state index is -4.04. The van der Waals surface area contributed by atoms with Crippen LogP contribution in [0, 0.1) is 6.92 Å². The van der Waals surface area contributed by atoms with Crippen molar-refractivity contribution in [2.45, 2.75) is 80.3 Å². The van der Waals surface area contributed by atoms with Gasteiger partial charge in [0.1, 0.15) is 10.7 Å². The predicted molar refractivity (Wildman–Crippen MR) is 177 cm³/mol. The summed E-state index contributed by atoms with van der Waals surface area (Å²) >= 11 is 6.07. The van der Waals surface area contributed by atoms with E-state index in [1.54, 1.807) is 6.07 Å². The number of fused-ring (bicyclic) bond motifs is 3. The fourth-order valence-corrected chi connectivity index (χ4v) is 9.51. The number of aryl methyl sites for hydroxylation is 1. The van der Waals surface area contributed by atoms with Gasteiger partial charge in [-0.05, 0) is 99.7 Å². The van der Waals surface area contributed by atoms with Gasteiger partial charge in [-0.15, -0.1) is 0 Å². The fourth-order valence-electron chi connectivity index (χ4n) is 8.44. The first-order valence-electron chi connectivity index (χ1n) is 16.0. The average Bonchev–Trinajstić information content (AvgIpc) is 3.50. The lowest BCUT2D eigenvalue weighted by molar-refractivity contribution is 0.0607. The highest BCUT2D eigenvalue weighted by atomic mass is 35.5. The van der Waals surface area contributed by atoms with Crippen molar-refractivity contribution in [1.82, 2.24) is 19.4 Å². The third-order valence-electron chi connectivity index (χ3n) is 10.7. The molecule has 236 valence electrons. The van der Waals surface area contributed by atoms with Gasteiger partial charge in [-0.3, -0.25) is 9.69 Å². The molecular formula is C35H40ClN5O3S. The molecule has 4 heterocycles. The second-order valence-electron chi connectivity index (χ2n) is 13.1. The van der Waals surface area contributed by atoms with Crippen LogP contribution in [-0.4, -0.2) is 65.4 Å². The zero-order chi connectivity index (χ0) is 31.3. The Morgan fingerprint density at radius 2 is 1.62 bits per heavy atom. The standard InChI is InChI=1S/C35H40ClN5O3S/c1-24-38-31-9-5-6-10-32(31)41(24)29-22-27-12-13-28(23-29)40(27)20-17-35(26-7-3-2-4-8-26)15-18-39(19-16-35)34(42)25-11-14-30(36)33(21-25)45(37,43)44/h2-11,14,21,27-29H,12-13,15-20,22-23H2,1H3,(H2,37,43,44)/t27-,28+,29?.